The highest BCUT2D eigenvalue weighted by Crippen LogP contribution is 2.31. The number of methoxy groups -OCH3 is 1. The average molecular weight is 242 g/mol. The lowest BCUT2D eigenvalue weighted by Gasteiger charge is -2.09. The zero-order valence-corrected chi connectivity index (χ0v) is 10.3. The number of hydrogen-bond donors (Lipinski definition) is 0. The van der Waals surface area contributed by atoms with Gasteiger partial charge in [0, 0.05) is 12.5 Å². The number of rotatable bonds is 3. The molecule has 3 nitrogen and oxygen atoms in total. The Kier molecular flexibility index (Phi) is 3.63. The molecule has 0 spiro atoms. The second kappa shape index (κ2) is 5.36. The Morgan fingerprint density at radius 1 is 1.06 bits per heavy atom. The molecular weight excluding hydrogens is 228 g/mol. The summed E-state index contributed by atoms with van der Waals surface area (Å²) in [6.07, 6.45) is 0. The topological polar surface area (TPSA) is 35.5 Å². The van der Waals surface area contributed by atoms with Gasteiger partial charge in [0.2, 0.25) is 0 Å². The molecule has 0 aromatic heterocycles. The van der Waals surface area contributed by atoms with Crippen LogP contribution in [0.2, 0.25) is 0 Å². The molecule has 0 saturated heterocycles. The summed E-state index contributed by atoms with van der Waals surface area (Å²) >= 11 is 0. The smallest absolute Gasteiger partial charge is 0.308 e. The van der Waals surface area contributed by atoms with Gasteiger partial charge in [0.1, 0.15) is 11.5 Å². The van der Waals surface area contributed by atoms with Crippen LogP contribution in [0.4, 0.5) is 0 Å². The van der Waals surface area contributed by atoms with Crippen LogP contribution in [0.1, 0.15) is 6.92 Å². The molecule has 18 heavy (non-hydrogen) atoms. The van der Waals surface area contributed by atoms with E-state index in [1.165, 1.54) is 6.92 Å². The number of esters is 1. The molecule has 0 amide bonds. The van der Waals surface area contributed by atoms with Crippen molar-refractivity contribution < 1.29 is 14.3 Å². The zero-order chi connectivity index (χ0) is 13.0. The third kappa shape index (κ3) is 2.69. The molecule has 0 aliphatic rings. The third-order valence-electron chi connectivity index (χ3n) is 2.52. The molecule has 0 aliphatic heterocycles. The van der Waals surface area contributed by atoms with Gasteiger partial charge in [-0.25, -0.2) is 0 Å². The summed E-state index contributed by atoms with van der Waals surface area (Å²) in [5.74, 6) is 0.994. The number of carbonyl (C=O) groups excluding carboxylic acids is 1. The normalized spacial score (nSPS) is 9.89. The monoisotopic (exact) mass is 242 g/mol. The predicted molar refractivity (Wildman–Crippen MR) is 69.7 cm³/mol. The van der Waals surface area contributed by atoms with E-state index in [2.05, 4.69) is 0 Å². The quantitative estimate of drug-likeness (QED) is 0.612. The lowest BCUT2D eigenvalue weighted by Crippen LogP contribution is -2.02. The molecule has 2 aromatic rings. The molecule has 0 atom stereocenters. The standard InChI is InChI=1S/C15H14O3/c1-11(16)18-15-9-4-3-8-14(15)12-6-5-7-13(10-12)17-2/h3-10H,1-2H3. The van der Waals surface area contributed by atoms with E-state index in [1.54, 1.807) is 13.2 Å². The Morgan fingerprint density at radius 3 is 2.56 bits per heavy atom. The van der Waals surface area contributed by atoms with Crippen molar-refractivity contribution in [2.75, 3.05) is 7.11 Å². The van der Waals surface area contributed by atoms with Gasteiger partial charge in [-0.3, -0.25) is 4.79 Å². The summed E-state index contributed by atoms with van der Waals surface area (Å²) in [7, 11) is 1.62. The van der Waals surface area contributed by atoms with E-state index < -0.39 is 0 Å². The Bertz CT molecular complexity index is 561. The van der Waals surface area contributed by atoms with Crippen molar-refractivity contribution >= 4 is 5.97 Å². The maximum absolute atomic E-state index is 11.1. The van der Waals surface area contributed by atoms with Gasteiger partial charge in [-0.05, 0) is 23.8 Å². The van der Waals surface area contributed by atoms with E-state index in [9.17, 15) is 4.79 Å². The lowest BCUT2D eigenvalue weighted by molar-refractivity contribution is -0.131. The first-order valence-electron chi connectivity index (χ1n) is 5.62. The molecule has 0 unspecified atom stereocenters. The molecule has 2 aromatic carbocycles. The molecule has 0 bridgehead atoms. The van der Waals surface area contributed by atoms with Gasteiger partial charge in [-0.2, -0.15) is 0 Å². The lowest BCUT2D eigenvalue weighted by atomic mass is 10.0. The highest BCUT2D eigenvalue weighted by atomic mass is 16.5. The van der Waals surface area contributed by atoms with Crippen molar-refractivity contribution in [1.82, 2.24) is 0 Å². The average Bonchev–Trinajstić information content (AvgIpc) is 2.39. The molecule has 0 radical (unpaired) electrons. The fourth-order valence-electron chi connectivity index (χ4n) is 1.74. The maximum Gasteiger partial charge on any atom is 0.308 e. The molecule has 0 heterocycles. The Morgan fingerprint density at radius 2 is 1.83 bits per heavy atom. The molecular formula is C15H14O3. The molecule has 0 N–H and O–H groups in total. The fourth-order valence-corrected chi connectivity index (χ4v) is 1.74. The largest absolute Gasteiger partial charge is 0.497 e. The van der Waals surface area contributed by atoms with Crippen LogP contribution in [0.5, 0.6) is 11.5 Å². The van der Waals surface area contributed by atoms with Crippen LogP contribution < -0.4 is 9.47 Å². The van der Waals surface area contributed by atoms with Crippen molar-refractivity contribution in [2.45, 2.75) is 6.92 Å². The van der Waals surface area contributed by atoms with E-state index in [0.717, 1.165) is 16.9 Å². The van der Waals surface area contributed by atoms with Crippen LogP contribution in [0.25, 0.3) is 11.1 Å². The molecule has 2 rings (SSSR count). The van der Waals surface area contributed by atoms with Gasteiger partial charge in [0.15, 0.2) is 0 Å². The summed E-state index contributed by atoms with van der Waals surface area (Å²) in [5, 5.41) is 0. The highest BCUT2D eigenvalue weighted by Gasteiger charge is 2.08. The summed E-state index contributed by atoms with van der Waals surface area (Å²) in [6, 6.07) is 15.1. The van der Waals surface area contributed by atoms with Gasteiger partial charge in [0.25, 0.3) is 0 Å². The van der Waals surface area contributed by atoms with Crippen molar-refractivity contribution in [1.29, 1.82) is 0 Å². The SMILES string of the molecule is COc1cccc(-c2ccccc2OC(C)=O)c1. The van der Waals surface area contributed by atoms with E-state index >= 15 is 0 Å². The summed E-state index contributed by atoms with van der Waals surface area (Å²) < 4.78 is 10.4. The van der Waals surface area contributed by atoms with Crippen LogP contribution in [0, 0.1) is 0 Å². The first kappa shape index (κ1) is 12.2. The number of carbonyl (C=O) groups is 1. The Hall–Kier alpha value is -2.29. The van der Waals surface area contributed by atoms with E-state index in [0.29, 0.717) is 5.75 Å². The number of para-hydroxylation sites is 1. The first-order valence-corrected chi connectivity index (χ1v) is 5.62. The predicted octanol–water partition coefficient (Wildman–Crippen LogP) is 3.29. The van der Waals surface area contributed by atoms with Gasteiger partial charge in [-0.15, -0.1) is 0 Å². The number of benzene rings is 2. The second-order valence-electron chi connectivity index (χ2n) is 3.82. The van der Waals surface area contributed by atoms with Gasteiger partial charge in [0.05, 0.1) is 7.11 Å². The van der Waals surface area contributed by atoms with Crippen LogP contribution >= 0.6 is 0 Å². The van der Waals surface area contributed by atoms with Crippen LogP contribution in [0.15, 0.2) is 48.5 Å². The van der Waals surface area contributed by atoms with Gasteiger partial charge < -0.3 is 9.47 Å². The fraction of sp³-hybridized carbons (Fsp3) is 0.133. The molecule has 0 saturated carbocycles. The Labute approximate surface area is 106 Å². The van der Waals surface area contributed by atoms with Crippen molar-refractivity contribution in [3.63, 3.8) is 0 Å². The molecule has 0 fully saturated rings. The van der Waals surface area contributed by atoms with Crippen molar-refractivity contribution in [3.05, 3.63) is 48.5 Å². The van der Waals surface area contributed by atoms with E-state index in [4.69, 9.17) is 9.47 Å². The second-order valence-corrected chi connectivity index (χ2v) is 3.82. The van der Waals surface area contributed by atoms with Crippen molar-refractivity contribution in [2.24, 2.45) is 0 Å². The first-order chi connectivity index (χ1) is 8.70. The van der Waals surface area contributed by atoms with Gasteiger partial charge in [-0.1, -0.05) is 30.3 Å². The molecule has 3 heteroatoms. The minimum Gasteiger partial charge on any atom is -0.497 e. The van der Waals surface area contributed by atoms with E-state index in [1.807, 2.05) is 42.5 Å². The summed E-state index contributed by atoms with van der Waals surface area (Å²) in [6.45, 7) is 1.39. The molecule has 92 valence electrons. The highest BCUT2D eigenvalue weighted by molar-refractivity contribution is 5.77. The molecule has 0 aliphatic carbocycles. The minimum atomic E-state index is -0.328. The van der Waals surface area contributed by atoms with Crippen LogP contribution in [-0.2, 0) is 4.79 Å². The zero-order valence-electron chi connectivity index (χ0n) is 10.3. The van der Waals surface area contributed by atoms with E-state index in [-0.39, 0.29) is 5.97 Å². The van der Waals surface area contributed by atoms with Crippen molar-refractivity contribution in [3.8, 4) is 22.6 Å². The third-order valence-corrected chi connectivity index (χ3v) is 2.52. The number of ether oxygens (including phenoxy) is 2. The maximum atomic E-state index is 11.1. The number of hydrogen-bond acceptors (Lipinski definition) is 3. The summed E-state index contributed by atoms with van der Waals surface area (Å²) in [4.78, 5) is 11.1. The van der Waals surface area contributed by atoms with Crippen LogP contribution in [-0.4, -0.2) is 13.1 Å². The Balaban J connectivity index is 2.45. The summed E-state index contributed by atoms with van der Waals surface area (Å²) in [5.41, 5.74) is 1.82. The van der Waals surface area contributed by atoms with Crippen LogP contribution in [0.3, 0.4) is 0 Å². The minimum absolute atomic E-state index is 0.328. The van der Waals surface area contributed by atoms with Gasteiger partial charge >= 0.3 is 5.97 Å².